The molecular formula is C7H11N3O. The number of nitrogens with zero attached hydrogens (tertiary/aromatic N) is 1. The van der Waals surface area contributed by atoms with Crippen LogP contribution in [0, 0.1) is 0 Å². The number of hydrogen-bond acceptors (Lipinski definition) is 3. The van der Waals surface area contributed by atoms with E-state index in [1.54, 1.807) is 0 Å². The van der Waals surface area contributed by atoms with Gasteiger partial charge >= 0.3 is 0 Å². The minimum atomic E-state index is -0.496. The average molecular weight is 153 g/mol. The van der Waals surface area contributed by atoms with Crippen molar-refractivity contribution in [3.63, 3.8) is 0 Å². The molecule has 11 heavy (non-hydrogen) atoms. The van der Waals surface area contributed by atoms with Crippen molar-refractivity contribution < 1.29 is 0 Å². The Kier molecular flexibility index (Phi) is 1.78. The van der Waals surface area contributed by atoms with E-state index < -0.39 is 5.54 Å². The summed E-state index contributed by atoms with van der Waals surface area (Å²) in [5, 5.41) is 0. The van der Waals surface area contributed by atoms with Gasteiger partial charge in [0, 0.05) is 6.20 Å². The van der Waals surface area contributed by atoms with Gasteiger partial charge in [-0.05, 0) is 13.8 Å². The standard InChI is InChI=1S/C7H11N3O/c1-7(2,8)5-3-10-6(11)4-9-5/h3-4H,8H2,1-2H3,(H,10,11). The van der Waals surface area contributed by atoms with Crippen LogP contribution in [0.25, 0.3) is 0 Å². The summed E-state index contributed by atoms with van der Waals surface area (Å²) in [7, 11) is 0. The predicted molar refractivity (Wildman–Crippen MR) is 42.1 cm³/mol. The molecule has 0 bridgehead atoms. The van der Waals surface area contributed by atoms with Gasteiger partial charge in [0.1, 0.15) is 0 Å². The van der Waals surface area contributed by atoms with Crippen LogP contribution in [0.4, 0.5) is 0 Å². The van der Waals surface area contributed by atoms with E-state index in [1.807, 2.05) is 13.8 Å². The molecule has 0 fully saturated rings. The van der Waals surface area contributed by atoms with E-state index in [0.29, 0.717) is 5.69 Å². The molecule has 0 radical (unpaired) electrons. The second-order valence-corrected chi connectivity index (χ2v) is 3.02. The summed E-state index contributed by atoms with van der Waals surface area (Å²) in [5.41, 5.74) is 5.69. The molecule has 0 aliphatic heterocycles. The molecule has 0 saturated carbocycles. The zero-order valence-corrected chi connectivity index (χ0v) is 6.59. The Balaban J connectivity index is 3.09. The van der Waals surface area contributed by atoms with Gasteiger partial charge in [0.15, 0.2) is 0 Å². The fourth-order valence-electron chi connectivity index (χ4n) is 0.695. The molecule has 1 rings (SSSR count). The van der Waals surface area contributed by atoms with Gasteiger partial charge in [-0.3, -0.25) is 9.78 Å². The maximum Gasteiger partial charge on any atom is 0.266 e. The first kappa shape index (κ1) is 7.94. The van der Waals surface area contributed by atoms with Crippen molar-refractivity contribution in [1.29, 1.82) is 0 Å². The molecule has 1 aromatic heterocycles. The van der Waals surface area contributed by atoms with Crippen molar-refractivity contribution in [2.75, 3.05) is 0 Å². The molecule has 0 spiro atoms. The zero-order chi connectivity index (χ0) is 8.48. The Labute approximate surface area is 64.5 Å². The van der Waals surface area contributed by atoms with Gasteiger partial charge in [0.2, 0.25) is 0 Å². The SMILES string of the molecule is CC(C)(N)c1c[nH]c(=O)cn1. The summed E-state index contributed by atoms with van der Waals surface area (Å²) in [6.45, 7) is 3.65. The maximum atomic E-state index is 10.6. The lowest BCUT2D eigenvalue weighted by Crippen LogP contribution is -2.30. The van der Waals surface area contributed by atoms with E-state index in [4.69, 9.17) is 5.73 Å². The lowest BCUT2D eigenvalue weighted by Gasteiger charge is -2.16. The number of rotatable bonds is 1. The minimum Gasteiger partial charge on any atom is -0.326 e. The molecule has 0 atom stereocenters. The van der Waals surface area contributed by atoms with Crippen LogP contribution in [0.5, 0.6) is 0 Å². The van der Waals surface area contributed by atoms with Crippen molar-refractivity contribution in [3.05, 3.63) is 28.4 Å². The summed E-state index contributed by atoms with van der Waals surface area (Å²) in [5.74, 6) is 0. The van der Waals surface area contributed by atoms with Crippen molar-refractivity contribution in [2.24, 2.45) is 5.73 Å². The first-order valence-corrected chi connectivity index (χ1v) is 3.34. The van der Waals surface area contributed by atoms with Gasteiger partial charge in [0.05, 0.1) is 17.4 Å². The van der Waals surface area contributed by atoms with Crippen molar-refractivity contribution in [1.82, 2.24) is 9.97 Å². The summed E-state index contributed by atoms with van der Waals surface area (Å²) >= 11 is 0. The summed E-state index contributed by atoms with van der Waals surface area (Å²) in [6.07, 6.45) is 2.76. The summed E-state index contributed by atoms with van der Waals surface area (Å²) in [4.78, 5) is 17.0. The Morgan fingerprint density at radius 2 is 2.27 bits per heavy atom. The highest BCUT2D eigenvalue weighted by Crippen LogP contribution is 2.10. The third-order valence-corrected chi connectivity index (χ3v) is 1.33. The van der Waals surface area contributed by atoms with Gasteiger partial charge in [-0.15, -0.1) is 0 Å². The second-order valence-electron chi connectivity index (χ2n) is 3.02. The Hall–Kier alpha value is -1.16. The number of nitrogens with one attached hydrogen (secondary N) is 1. The van der Waals surface area contributed by atoms with Crippen LogP contribution in [0.1, 0.15) is 19.5 Å². The Bertz CT molecular complexity index is 277. The average Bonchev–Trinajstić information content (AvgIpc) is 1.86. The van der Waals surface area contributed by atoms with E-state index in [9.17, 15) is 4.79 Å². The maximum absolute atomic E-state index is 10.6. The monoisotopic (exact) mass is 153 g/mol. The third-order valence-electron chi connectivity index (χ3n) is 1.33. The first-order valence-electron chi connectivity index (χ1n) is 3.34. The molecule has 0 aliphatic carbocycles. The van der Waals surface area contributed by atoms with Crippen LogP contribution in [0.3, 0.4) is 0 Å². The summed E-state index contributed by atoms with van der Waals surface area (Å²) in [6, 6.07) is 0. The van der Waals surface area contributed by atoms with E-state index in [0.717, 1.165) is 0 Å². The highest BCUT2D eigenvalue weighted by Gasteiger charge is 2.14. The minimum absolute atomic E-state index is 0.210. The van der Waals surface area contributed by atoms with Crippen LogP contribution >= 0.6 is 0 Å². The van der Waals surface area contributed by atoms with Gasteiger partial charge in [-0.2, -0.15) is 0 Å². The number of aromatic nitrogens is 2. The number of aromatic amines is 1. The van der Waals surface area contributed by atoms with Crippen LogP contribution in [0.15, 0.2) is 17.2 Å². The number of nitrogens with two attached hydrogens (primary N) is 1. The molecule has 1 aromatic rings. The molecule has 0 saturated heterocycles. The Morgan fingerprint density at radius 1 is 1.64 bits per heavy atom. The second kappa shape index (κ2) is 2.47. The molecule has 60 valence electrons. The smallest absolute Gasteiger partial charge is 0.266 e. The molecule has 1 heterocycles. The molecular weight excluding hydrogens is 142 g/mol. The van der Waals surface area contributed by atoms with Gasteiger partial charge < -0.3 is 10.7 Å². The van der Waals surface area contributed by atoms with Crippen molar-refractivity contribution in [3.8, 4) is 0 Å². The van der Waals surface area contributed by atoms with E-state index >= 15 is 0 Å². The Morgan fingerprint density at radius 3 is 2.64 bits per heavy atom. The molecule has 4 nitrogen and oxygen atoms in total. The largest absolute Gasteiger partial charge is 0.326 e. The topological polar surface area (TPSA) is 71.8 Å². The molecule has 3 N–H and O–H groups in total. The molecule has 0 aliphatic rings. The van der Waals surface area contributed by atoms with E-state index in [-0.39, 0.29) is 5.56 Å². The van der Waals surface area contributed by atoms with Gasteiger partial charge in [-0.25, -0.2) is 0 Å². The molecule has 0 unspecified atom stereocenters. The highest BCUT2D eigenvalue weighted by atomic mass is 16.1. The van der Waals surface area contributed by atoms with Crippen LogP contribution in [0.2, 0.25) is 0 Å². The van der Waals surface area contributed by atoms with Crippen molar-refractivity contribution in [2.45, 2.75) is 19.4 Å². The lowest BCUT2D eigenvalue weighted by atomic mass is 10.0. The molecule has 4 heteroatoms. The summed E-state index contributed by atoms with van der Waals surface area (Å²) < 4.78 is 0. The van der Waals surface area contributed by atoms with E-state index in [1.165, 1.54) is 12.4 Å². The molecule has 0 amide bonds. The quantitative estimate of drug-likeness (QED) is 0.594. The first-order chi connectivity index (χ1) is 5.00. The lowest BCUT2D eigenvalue weighted by molar-refractivity contribution is 0.531. The van der Waals surface area contributed by atoms with Crippen molar-refractivity contribution >= 4 is 0 Å². The third kappa shape index (κ3) is 1.88. The predicted octanol–water partition coefficient (Wildman–Crippen LogP) is -0.0363. The fourth-order valence-corrected chi connectivity index (χ4v) is 0.695. The van der Waals surface area contributed by atoms with E-state index in [2.05, 4.69) is 9.97 Å². The van der Waals surface area contributed by atoms with Crippen LogP contribution in [-0.2, 0) is 5.54 Å². The number of H-pyrrole nitrogens is 1. The normalized spacial score (nSPS) is 11.5. The molecule has 0 aromatic carbocycles. The van der Waals surface area contributed by atoms with Gasteiger partial charge in [0.25, 0.3) is 5.56 Å². The highest BCUT2D eigenvalue weighted by molar-refractivity contribution is 5.06. The zero-order valence-electron chi connectivity index (χ0n) is 6.59. The van der Waals surface area contributed by atoms with Gasteiger partial charge in [-0.1, -0.05) is 0 Å². The van der Waals surface area contributed by atoms with Crippen LogP contribution in [-0.4, -0.2) is 9.97 Å². The van der Waals surface area contributed by atoms with Crippen LogP contribution < -0.4 is 11.3 Å². The fraction of sp³-hybridized carbons (Fsp3) is 0.429. The number of hydrogen-bond donors (Lipinski definition) is 2.